The minimum Gasteiger partial charge on any atom is -0.326 e. The maximum Gasteiger partial charge on any atom is 0.224 e. The summed E-state index contributed by atoms with van der Waals surface area (Å²) in [5.74, 6) is 0.131. The van der Waals surface area contributed by atoms with E-state index in [1.807, 2.05) is 0 Å². The molecule has 2 aliphatic rings. The molecule has 0 saturated heterocycles. The van der Waals surface area contributed by atoms with Crippen LogP contribution in [0.5, 0.6) is 0 Å². The van der Waals surface area contributed by atoms with E-state index in [-0.39, 0.29) is 11.3 Å². The first-order valence-corrected chi connectivity index (χ1v) is 5.54. The molecular weight excluding hydrogens is 186 g/mol. The zero-order valence-corrected chi connectivity index (χ0v) is 9.34. The number of carbonyl (C=O) groups is 1. The normalized spacial score (nSPS) is 29.9. The number of hydrogen-bond donors (Lipinski definition) is 1. The molecule has 1 N–H and O–H groups in total. The Morgan fingerprint density at radius 1 is 1.33 bits per heavy atom. The van der Waals surface area contributed by atoms with E-state index >= 15 is 0 Å². The van der Waals surface area contributed by atoms with Crippen LogP contribution in [0.15, 0.2) is 35.6 Å². The molecule has 1 aliphatic heterocycles. The fourth-order valence-electron chi connectivity index (χ4n) is 1.85. The maximum atomic E-state index is 11.3. The third kappa shape index (κ3) is 2.04. The fourth-order valence-corrected chi connectivity index (χ4v) is 1.85. The summed E-state index contributed by atoms with van der Waals surface area (Å²) in [7, 11) is 0. The highest BCUT2D eigenvalue weighted by Crippen LogP contribution is 2.31. The van der Waals surface area contributed by atoms with Gasteiger partial charge in [-0.2, -0.15) is 0 Å². The van der Waals surface area contributed by atoms with Crippen LogP contribution in [0.2, 0.25) is 0 Å². The van der Waals surface area contributed by atoms with Gasteiger partial charge in [0.2, 0.25) is 5.91 Å². The molecule has 1 unspecified atom stereocenters. The monoisotopic (exact) mass is 203 g/mol. The molecule has 80 valence electrons. The first-order valence-electron chi connectivity index (χ1n) is 5.54. The lowest BCUT2D eigenvalue weighted by atomic mass is 9.87. The van der Waals surface area contributed by atoms with Crippen LogP contribution in [-0.4, -0.2) is 5.91 Å². The molecule has 15 heavy (non-hydrogen) atoms. The van der Waals surface area contributed by atoms with Gasteiger partial charge >= 0.3 is 0 Å². The van der Waals surface area contributed by atoms with Crippen molar-refractivity contribution in [1.82, 2.24) is 5.32 Å². The molecule has 0 aromatic heterocycles. The number of hydrogen-bond acceptors (Lipinski definition) is 1. The van der Waals surface area contributed by atoms with Gasteiger partial charge in [0.25, 0.3) is 0 Å². The highest BCUT2D eigenvalue weighted by Gasteiger charge is 2.21. The number of nitrogens with one attached hydrogen (secondary N) is 1. The van der Waals surface area contributed by atoms with Gasteiger partial charge in [0.15, 0.2) is 0 Å². The lowest BCUT2D eigenvalue weighted by molar-refractivity contribution is -0.120. The summed E-state index contributed by atoms with van der Waals surface area (Å²) in [6.45, 7) is 4.39. The van der Waals surface area contributed by atoms with Crippen LogP contribution in [-0.2, 0) is 4.79 Å². The summed E-state index contributed by atoms with van der Waals surface area (Å²) in [6.07, 6.45) is 11.2. The van der Waals surface area contributed by atoms with E-state index in [9.17, 15) is 4.79 Å². The molecule has 2 rings (SSSR count). The molecule has 2 heteroatoms. The van der Waals surface area contributed by atoms with Crippen LogP contribution in [0.25, 0.3) is 0 Å². The molecule has 0 saturated carbocycles. The Kier molecular flexibility index (Phi) is 2.51. The van der Waals surface area contributed by atoms with Crippen molar-refractivity contribution < 1.29 is 4.79 Å². The van der Waals surface area contributed by atoms with Gasteiger partial charge in [-0.25, -0.2) is 0 Å². The van der Waals surface area contributed by atoms with Gasteiger partial charge in [-0.05, 0) is 24.5 Å². The largest absolute Gasteiger partial charge is 0.326 e. The Morgan fingerprint density at radius 3 is 2.80 bits per heavy atom. The summed E-state index contributed by atoms with van der Waals surface area (Å²) < 4.78 is 0. The van der Waals surface area contributed by atoms with E-state index in [2.05, 4.69) is 43.5 Å². The highest BCUT2D eigenvalue weighted by molar-refractivity contribution is 5.80. The van der Waals surface area contributed by atoms with Gasteiger partial charge in [-0.1, -0.05) is 32.1 Å². The zero-order valence-electron chi connectivity index (χ0n) is 9.34. The van der Waals surface area contributed by atoms with Crippen molar-refractivity contribution in [3.63, 3.8) is 0 Å². The van der Waals surface area contributed by atoms with E-state index in [0.29, 0.717) is 6.42 Å². The van der Waals surface area contributed by atoms with Crippen LogP contribution >= 0.6 is 0 Å². The highest BCUT2D eigenvalue weighted by atomic mass is 16.1. The molecule has 0 aromatic carbocycles. The second-order valence-electron chi connectivity index (χ2n) is 4.51. The van der Waals surface area contributed by atoms with E-state index in [4.69, 9.17) is 0 Å². The number of carbonyl (C=O) groups excluding carboxylic acids is 1. The summed E-state index contributed by atoms with van der Waals surface area (Å²) >= 11 is 0. The number of amides is 1. The van der Waals surface area contributed by atoms with Crippen LogP contribution in [0.1, 0.15) is 33.1 Å². The molecule has 1 atom stereocenters. The average molecular weight is 203 g/mol. The first kappa shape index (κ1) is 10.2. The predicted molar refractivity (Wildman–Crippen MR) is 61.1 cm³/mol. The van der Waals surface area contributed by atoms with Crippen molar-refractivity contribution >= 4 is 5.91 Å². The lowest BCUT2D eigenvalue weighted by Crippen LogP contribution is -2.26. The van der Waals surface area contributed by atoms with Crippen molar-refractivity contribution in [1.29, 1.82) is 0 Å². The van der Waals surface area contributed by atoms with E-state index in [1.165, 1.54) is 5.57 Å². The maximum absolute atomic E-state index is 11.3. The van der Waals surface area contributed by atoms with Gasteiger partial charge in [0, 0.05) is 17.5 Å². The molecule has 1 aliphatic carbocycles. The quantitative estimate of drug-likeness (QED) is 0.697. The molecule has 0 aromatic rings. The molecule has 1 heterocycles. The number of allylic oxidation sites excluding steroid dienone is 5. The Balaban J connectivity index is 2.31. The Hall–Kier alpha value is -1.31. The lowest BCUT2D eigenvalue weighted by Gasteiger charge is -2.18. The van der Waals surface area contributed by atoms with Crippen LogP contribution in [0.3, 0.4) is 0 Å². The second-order valence-corrected chi connectivity index (χ2v) is 4.51. The van der Waals surface area contributed by atoms with Crippen molar-refractivity contribution in [3.8, 4) is 0 Å². The summed E-state index contributed by atoms with van der Waals surface area (Å²) in [6, 6.07) is 0. The van der Waals surface area contributed by atoms with E-state index in [0.717, 1.165) is 18.5 Å². The molecule has 0 fully saturated rings. The van der Waals surface area contributed by atoms with Gasteiger partial charge in [-0.3, -0.25) is 4.79 Å². The molecule has 0 radical (unpaired) electrons. The van der Waals surface area contributed by atoms with Crippen molar-refractivity contribution in [2.45, 2.75) is 33.1 Å². The third-order valence-electron chi connectivity index (χ3n) is 3.30. The van der Waals surface area contributed by atoms with Crippen molar-refractivity contribution in [2.24, 2.45) is 5.41 Å². The van der Waals surface area contributed by atoms with Crippen molar-refractivity contribution in [3.05, 3.63) is 35.6 Å². The van der Waals surface area contributed by atoms with Gasteiger partial charge < -0.3 is 5.32 Å². The molecule has 2 nitrogen and oxygen atoms in total. The molecule has 0 bridgehead atoms. The fraction of sp³-hybridized carbons (Fsp3) is 0.462. The van der Waals surface area contributed by atoms with Gasteiger partial charge in [0.1, 0.15) is 0 Å². The second kappa shape index (κ2) is 3.69. The zero-order chi connectivity index (χ0) is 10.9. The average Bonchev–Trinajstić information content (AvgIpc) is 2.40. The SMILES string of the molecule is CCC1(C)C=CC2=C(C=C1)NC(=O)CC2. The molecule has 0 spiro atoms. The van der Waals surface area contributed by atoms with Crippen LogP contribution in [0.4, 0.5) is 0 Å². The Bertz CT molecular complexity index is 376. The number of rotatable bonds is 1. The first-order chi connectivity index (χ1) is 7.13. The topological polar surface area (TPSA) is 29.1 Å². The standard InChI is InChI=1S/C13H17NO/c1-3-13(2)8-6-10-4-5-12(15)14-11(10)7-9-13/h6-9H,3-5H2,1-2H3,(H,14,15). The molecule has 1 amide bonds. The Morgan fingerprint density at radius 2 is 2.07 bits per heavy atom. The van der Waals surface area contributed by atoms with Crippen molar-refractivity contribution in [2.75, 3.05) is 0 Å². The minimum absolute atomic E-state index is 0.127. The van der Waals surface area contributed by atoms with E-state index in [1.54, 1.807) is 0 Å². The summed E-state index contributed by atoms with van der Waals surface area (Å²) in [4.78, 5) is 11.3. The van der Waals surface area contributed by atoms with Gasteiger partial charge in [0.05, 0.1) is 0 Å². The summed E-state index contributed by atoms with van der Waals surface area (Å²) in [5.41, 5.74) is 2.37. The third-order valence-corrected chi connectivity index (χ3v) is 3.30. The molecular formula is C13H17NO. The van der Waals surface area contributed by atoms with Crippen LogP contribution < -0.4 is 5.32 Å². The van der Waals surface area contributed by atoms with Gasteiger partial charge in [-0.15, -0.1) is 0 Å². The van der Waals surface area contributed by atoms with Crippen LogP contribution in [0, 0.1) is 5.41 Å². The predicted octanol–water partition coefficient (Wildman–Crippen LogP) is 2.69. The smallest absolute Gasteiger partial charge is 0.224 e. The minimum atomic E-state index is 0.127. The van der Waals surface area contributed by atoms with E-state index < -0.39 is 0 Å². The Labute approximate surface area is 90.7 Å². The summed E-state index contributed by atoms with van der Waals surface area (Å²) in [5, 5.41) is 2.92.